The lowest BCUT2D eigenvalue weighted by Gasteiger charge is -2.48. The molecule has 0 unspecified atom stereocenters. The maximum Gasteiger partial charge on any atom is 0.153 e. The van der Waals surface area contributed by atoms with E-state index >= 15 is 0 Å². The summed E-state index contributed by atoms with van der Waals surface area (Å²) in [5.41, 5.74) is -1.80. The average molecular weight is 332 g/mol. The van der Waals surface area contributed by atoms with Gasteiger partial charge >= 0.3 is 0 Å². The normalized spacial score (nSPS) is 54.9. The minimum Gasteiger partial charge on any atom is -0.386 e. The van der Waals surface area contributed by atoms with Gasteiger partial charge in [-0.1, -0.05) is 32.9 Å². The van der Waals surface area contributed by atoms with Crippen LogP contribution in [-0.2, 0) is 4.79 Å². The third kappa shape index (κ3) is 1.50. The number of rotatable bonds is 0. The Labute approximate surface area is 143 Å². The van der Waals surface area contributed by atoms with E-state index in [0.717, 1.165) is 6.42 Å². The standard InChI is InChI=1S/C20H28O4/c1-9-6-12-14-13(18(14,4)5)7-11(3)19(17(12)23)8-10(2)16(22)20(19,24)15(9)21/h6,8,11-16,21-22,24H,7H2,1-5H3/t11-,12-,13-,14+,15-,16+,19+,20+/m1/s1. The van der Waals surface area contributed by atoms with Gasteiger partial charge in [0.05, 0.1) is 5.41 Å². The summed E-state index contributed by atoms with van der Waals surface area (Å²) in [6, 6.07) is 0. The van der Waals surface area contributed by atoms with Crippen molar-refractivity contribution in [2.24, 2.45) is 34.5 Å². The van der Waals surface area contributed by atoms with Crippen molar-refractivity contribution in [2.45, 2.75) is 58.8 Å². The van der Waals surface area contributed by atoms with Gasteiger partial charge < -0.3 is 15.3 Å². The number of Topliss-reactive ketones (excluding diaryl/α,β-unsaturated/α-hetero) is 1. The van der Waals surface area contributed by atoms with E-state index in [1.165, 1.54) is 0 Å². The van der Waals surface area contributed by atoms with Crippen LogP contribution in [0.15, 0.2) is 23.3 Å². The fraction of sp³-hybridized carbons (Fsp3) is 0.750. The highest BCUT2D eigenvalue weighted by Gasteiger charge is 2.75. The topological polar surface area (TPSA) is 77.8 Å². The van der Waals surface area contributed by atoms with Crippen molar-refractivity contribution in [3.63, 3.8) is 0 Å². The van der Waals surface area contributed by atoms with Gasteiger partial charge in [0.25, 0.3) is 0 Å². The van der Waals surface area contributed by atoms with Crippen molar-refractivity contribution < 1.29 is 20.1 Å². The summed E-state index contributed by atoms with van der Waals surface area (Å²) < 4.78 is 0. The molecule has 3 N–H and O–H groups in total. The monoisotopic (exact) mass is 332 g/mol. The molecule has 0 heterocycles. The second-order valence-electron chi connectivity index (χ2n) is 9.28. The summed E-state index contributed by atoms with van der Waals surface area (Å²) in [4.78, 5) is 13.7. The highest BCUT2D eigenvalue weighted by molar-refractivity contribution is 5.95. The van der Waals surface area contributed by atoms with E-state index in [1.54, 1.807) is 19.9 Å². The van der Waals surface area contributed by atoms with E-state index in [1.807, 2.05) is 13.0 Å². The third-order valence-electron chi connectivity index (χ3n) is 7.88. The number of ketones is 1. The van der Waals surface area contributed by atoms with Crippen LogP contribution in [0.1, 0.15) is 41.0 Å². The molecular weight excluding hydrogens is 304 g/mol. The molecule has 4 aliphatic rings. The van der Waals surface area contributed by atoms with E-state index in [2.05, 4.69) is 13.8 Å². The second-order valence-corrected chi connectivity index (χ2v) is 9.28. The molecule has 4 nitrogen and oxygen atoms in total. The Kier molecular flexibility index (Phi) is 3.03. The first kappa shape index (κ1) is 16.5. The van der Waals surface area contributed by atoms with Crippen molar-refractivity contribution in [1.82, 2.24) is 0 Å². The maximum atomic E-state index is 13.7. The van der Waals surface area contributed by atoms with E-state index in [9.17, 15) is 20.1 Å². The molecule has 2 saturated carbocycles. The van der Waals surface area contributed by atoms with Gasteiger partial charge in [-0.15, -0.1) is 0 Å². The number of carbonyl (C=O) groups excluding carboxylic acids is 1. The van der Waals surface area contributed by atoms with Gasteiger partial charge in [-0.25, -0.2) is 0 Å². The number of hydrogen-bond donors (Lipinski definition) is 3. The van der Waals surface area contributed by atoms with Crippen LogP contribution in [0.5, 0.6) is 0 Å². The van der Waals surface area contributed by atoms with Gasteiger partial charge in [0, 0.05) is 5.92 Å². The van der Waals surface area contributed by atoms with Crippen LogP contribution in [0.4, 0.5) is 0 Å². The molecule has 8 atom stereocenters. The summed E-state index contributed by atoms with van der Waals surface area (Å²) in [5.74, 6) is 0.240. The zero-order chi connectivity index (χ0) is 17.8. The molecule has 4 heteroatoms. The SMILES string of the molecule is CC1=C[C@H]2C(=O)[C@]3(C=C(C)[C@H](O)[C@@]3(O)[C@@H]1O)[C@H](C)C[C@@H]1[C@H]2C1(C)C. The molecule has 0 aromatic heterocycles. The molecule has 4 aliphatic carbocycles. The van der Waals surface area contributed by atoms with Crippen molar-refractivity contribution in [2.75, 3.05) is 0 Å². The molecule has 24 heavy (non-hydrogen) atoms. The third-order valence-corrected chi connectivity index (χ3v) is 7.88. The molecule has 2 fully saturated rings. The lowest BCUT2D eigenvalue weighted by molar-refractivity contribution is -0.189. The second kappa shape index (κ2) is 4.40. The van der Waals surface area contributed by atoms with Crippen molar-refractivity contribution >= 4 is 5.78 Å². The molecule has 0 saturated heterocycles. The summed E-state index contributed by atoms with van der Waals surface area (Å²) in [6.45, 7) is 9.91. The Balaban J connectivity index is 1.99. The van der Waals surface area contributed by atoms with Crippen LogP contribution in [0.25, 0.3) is 0 Å². The predicted octanol–water partition coefficient (Wildman–Crippen LogP) is 1.84. The van der Waals surface area contributed by atoms with Crippen LogP contribution in [-0.4, -0.2) is 38.9 Å². The number of aliphatic hydroxyl groups is 3. The first-order chi connectivity index (χ1) is 11.0. The Morgan fingerprint density at radius 3 is 2.33 bits per heavy atom. The number of carbonyl (C=O) groups is 1. The van der Waals surface area contributed by atoms with E-state index < -0.39 is 23.2 Å². The predicted molar refractivity (Wildman–Crippen MR) is 89.9 cm³/mol. The smallest absolute Gasteiger partial charge is 0.153 e. The Morgan fingerprint density at radius 1 is 1.12 bits per heavy atom. The van der Waals surface area contributed by atoms with Crippen molar-refractivity contribution in [3.8, 4) is 0 Å². The molecule has 0 aromatic carbocycles. The minimum absolute atomic E-state index is 0.0256. The fourth-order valence-corrected chi connectivity index (χ4v) is 6.41. The molecule has 0 radical (unpaired) electrons. The van der Waals surface area contributed by atoms with Crippen LogP contribution < -0.4 is 0 Å². The van der Waals surface area contributed by atoms with E-state index in [4.69, 9.17) is 0 Å². The number of fused-ring (bicyclic) bond motifs is 3. The van der Waals surface area contributed by atoms with E-state index in [0.29, 0.717) is 17.1 Å². The Morgan fingerprint density at radius 2 is 1.71 bits per heavy atom. The maximum absolute atomic E-state index is 13.7. The van der Waals surface area contributed by atoms with Gasteiger partial charge in [-0.05, 0) is 54.6 Å². The zero-order valence-corrected chi connectivity index (χ0v) is 15.1. The summed E-state index contributed by atoms with van der Waals surface area (Å²) in [5, 5.41) is 33.2. The summed E-state index contributed by atoms with van der Waals surface area (Å²) in [6.07, 6.45) is 2.01. The molecule has 0 aromatic rings. The quantitative estimate of drug-likeness (QED) is 0.592. The highest BCUT2D eigenvalue weighted by Crippen LogP contribution is 2.71. The summed E-state index contributed by atoms with van der Waals surface area (Å²) >= 11 is 0. The van der Waals surface area contributed by atoms with Gasteiger partial charge in [0.1, 0.15) is 17.8 Å². The van der Waals surface area contributed by atoms with Crippen LogP contribution in [0.2, 0.25) is 0 Å². The van der Waals surface area contributed by atoms with Crippen LogP contribution in [0.3, 0.4) is 0 Å². The molecule has 0 aliphatic heterocycles. The van der Waals surface area contributed by atoms with Crippen molar-refractivity contribution in [3.05, 3.63) is 23.3 Å². The van der Waals surface area contributed by atoms with Gasteiger partial charge in [0.15, 0.2) is 5.78 Å². The lowest BCUT2D eigenvalue weighted by atomic mass is 9.59. The molecule has 2 bridgehead atoms. The van der Waals surface area contributed by atoms with Crippen molar-refractivity contribution in [1.29, 1.82) is 0 Å². The Bertz CT molecular complexity index is 690. The molecule has 4 rings (SSSR count). The van der Waals surface area contributed by atoms with Gasteiger partial charge in [-0.2, -0.15) is 0 Å². The first-order valence-electron chi connectivity index (χ1n) is 9.01. The molecular formula is C20H28O4. The lowest BCUT2D eigenvalue weighted by Crippen LogP contribution is -2.64. The zero-order valence-electron chi connectivity index (χ0n) is 15.1. The average Bonchev–Trinajstić information content (AvgIpc) is 3.01. The largest absolute Gasteiger partial charge is 0.386 e. The highest BCUT2D eigenvalue weighted by atomic mass is 16.4. The number of hydrogen-bond acceptors (Lipinski definition) is 4. The van der Waals surface area contributed by atoms with Crippen LogP contribution in [0, 0.1) is 34.5 Å². The number of aliphatic hydroxyl groups excluding tert-OH is 2. The number of allylic oxidation sites excluding steroid dienone is 1. The van der Waals surface area contributed by atoms with Gasteiger partial charge in [0.2, 0.25) is 0 Å². The van der Waals surface area contributed by atoms with Crippen LogP contribution >= 0.6 is 0 Å². The first-order valence-corrected chi connectivity index (χ1v) is 9.01. The van der Waals surface area contributed by atoms with Gasteiger partial charge in [-0.3, -0.25) is 4.79 Å². The Hall–Kier alpha value is -0.970. The van der Waals surface area contributed by atoms with E-state index in [-0.39, 0.29) is 29.0 Å². The summed E-state index contributed by atoms with van der Waals surface area (Å²) in [7, 11) is 0. The fourth-order valence-electron chi connectivity index (χ4n) is 6.41. The minimum atomic E-state index is -1.87. The molecule has 1 spiro atoms. The molecule has 0 amide bonds. The molecule has 132 valence electrons.